The van der Waals surface area contributed by atoms with Gasteiger partial charge < -0.3 is 10.8 Å². The summed E-state index contributed by atoms with van der Waals surface area (Å²) in [5.41, 5.74) is 4.90. The lowest BCUT2D eigenvalue weighted by atomic mass is 10.3. The number of sulfonamides is 1. The van der Waals surface area contributed by atoms with Gasteiger partial charge in [0.15, 0.2) is 0 Å². The molecule has 0 aliphatic rings. The summed E-state index contributed by atoms with van der Waals surface area (Å²) in [5, 5.41) is 19.4. The number of nitrogens with two attached hydrogens (primary N) is 1. The maximum atomic E-state index is 12.2. The maximum Gasteiger partial charge on any atom is 0.292 e. The zero-order valence-corrected chi connectivity index (χ0v) is 11.1. The highest BCUT2D eigenvalue weighted by atomic mass is 32.2. The molecule has 1 aromatic carbocycles. The van der Waals surface area contributed by atoms with Crippen LogP contribution in [0, 0.1) is 10.1 Å². The zero-order valence-electron chi connectivity index (χ0n) is 10.3. The van der Waals surface area contributed by atoms with E-state index in [0.717, 1.165) is 22.5 Å². The number of nitro groups is 1. The molecular formula is C10H15N3O5S. The Hall–Kier alpha value is -1.71. The Labute approximate surface area is 110 Å². The first kappa shape index (κ1) is 15.3. The number of nitrogen functional groups attached to an aromatic ring is 1. The smallest absolute Gasteiger partial charge is 0.292 e. The molecule has 0 aromatic heterocycles. The number of nitro benzene ring substituents is 1. The molecule has 0 saturated carbocycles. The van der Waals surface area contributed by atoms with E-state index in [1.165, 1.54) is 0 Å². The first-order chi connectivity index (χ1) is 8.84. The Morgan fingerprint density at radius 2 is 2.11 bits per heavy atom. The van der Waals surface area contributed by atoms with Crippen molar-refractivity contribution in [3.8, 4) is 0 Å². The largest absolute Gasteiger partial charge is 0.395 e. The van der Waals surface area contributed by atoms with Crippen LogP contribution in [-0.2, 0) is 10.0 Å². The first-order valence-corrected chi connectivity index (χ1v) is 6.93. The van der Waals surface area contributed by atoms with Crippen LogP contribution in [0.4, 0.5) is 11.4 Å². The van der Waals surface area contributed by atoms with Gasteiger partial charge in [-0.05, 0) is 12.1 Å². The third-order valence-electron chi connectivity index (χ3n) is 2.54. The highest BCUT2D eigenvalue weighted by molar-refractivity contribution is 7.89. The standard InChI is InChI=1S/C10H15N3O5S/c1-2-12(5-6-14)19(17,18)8-3-4-10(13(15)16)9(11)7-8/h3-4,7,14H,2,5-6,11H2,1H3. The summed E-state index contributed by atoms with van der Waals surface area (Å²) >= 11 is 0. The lowest BCUT2D eigenvalue weighted by Crippen LogP contribution is -2.33. The summed E-state index contributed by atoms with van der Waals surface area (Å²) in [6, 6.07) is 3.23. The fourth-order valence-corrected chi connectivity index (χ4v) is 3.04. The van der Waals surface area contributed by atoms with Crippen molar-refractivity contribution in [1.82, 2.24) is 4.31 Å². The third kappa shape index (κ3) is 3.19. The van der Waals surface area contributed by atoms with Gasteiger partial charge >= 0.3 is 0 Å². The molecule has 0 saturated heterocycles. The molecule has 0 spiro atoms. The summed E-state index contributed by atoms with van der Waals surface area (Å²) in [4.78, 5) is 9.79. The molecular weight excluding hydrogens is 274 g/mol. The molecule has 0 aliphatic heterocycles. The second kappa shape index (κ2) is 5.95. The molecule has 1 aromatic rings. The van der Waals surface area contributed by atoms with Crippen molar-refractivity contribution in [1.29, 1.82) is 0 Å². The number of likely N-dealkylation sites (N-methyl/N-ethyl adjacent to an activating group) is 1. The van der Waals surface area contributed by atoms with Crippen molar-refractivity contribution in [2.24, 2.45) is 0 Å². The van der Waals surface area contributed by atoms with Crippen LogP contribution in [0.15, 0.2) is 23.1 Å². The van der Waals surface area contributed by atoms with E-state index in [9.17, 15) is 18.5 Å². The number of anilines is 1. The SMILES string of the molecule is CCN(CCO)S(=O)(=O)c1ccc([N+](=O)[O-])c(N)c1. The predicted molar refractivity (Wildman–Crippen MR) is 69.0 cm³/mol. The van der Waals surface area contributed by atoms with Gasteiger partial charge in [-0.3, -0.25) is 10.1 Å². The number of hydrogen-bond donors (Lipinski definition) is 2. The summed E-state index contributed by atoms with van der Waals surface area (Å²) in [6.45, 7) is 1.45. The molecule has 8 nitrogen and oxygen atoms in total. The average molecular weight is 289 g/mol. The van der Waals surface area contributed by atoms with Crippen LogP contribution in [0.2, 0.25) is 0 Å². The van der Waals surface area contributed by atoms with Gasteiger partial charge in [-0.2, -0.15) is 4.31 Å². The molecule has 0 aliphatic carbocycles. The Kier molecular flexibility index (Phi) is 4.81. The van der Waals surface area contributed by atoms with Crippen LogP contribution in [0.5, 0.6) is 0 Å². The number of nitrogens with zero attached hydrogens (tertiary/aromatic N) is 2. The number of rotatable bonds is 6. The first-order valence-electron chi connectivity index (χ1n) is 5.49. The van der Waals surface area contributed by atoms with Crippen molar-refractivity contribution in [3.63, 3.8) is 0 Å². The third-order valence-corrected chi connectivity index (χ3v) is 4.51. The minimum absolute atomic E-state index is 0.0459. The molecule has 0 bridgehead atoms. The van der Waals surface area contributed by atoms with Gasteiger partial charge in [0.25, 0.3) is 5.69 Å². The molecule has 1 rings (SSSR count). The Morgan fingerprint density at radius 1 is 1.47 bits per heavy atom. The number of hydrogen-bond acceptors (Lipinski definition) is 6. The van der Waals surface area contributed by atoms with Gasteiger partial charge in [-0.1, -0.05) is 6.92 Å². The molecule has 0 radical (unpaired) electrons. The Morgan fingerprint density at radius 3 is 2.53 bits per heavy atom. The van der Waals surface area contributed by atoms with Crippen LogP contribution in [-0.4, -0.2) is 42.4 Å². The quantitative estimate of drug-likeness (QED) is 0.437. The number of aliphatic hydroxyl groups is 1. The highest BCUT2D eigenvalue weighted by Crippen LogP contribution is 2.26. The highest BCUT2D eigenvalue weighted by Gasteiger charge is 2.24. The van der Waals surface area contributed by atoms with Gasteiger partial charge in [0, 0.05) is 19.2 Å². The molecule has 0 amide bonds. The van der Waals surface area contributed by atoms with Gasteiger partial charge in [-0.25, -0.2) is 8.42 Å². The molecule has 9 heteroatoms. The van der Waals surface area contributed by atoms with E-state index in [1.54, 1.807) is 6.92 Å². The normalized spacial score (nSPS) is 11.7. The fourth-order valence-electron chi connectivity index (χ4n) is 1.57. The summed E-state index contributed by atoms with van der Waals surface area (Å²) in [7, 11) is -3.81. The summed E-state index contributed by atoms with van der Waals surface area (Å²) in [5.74, 6) is 0. The monoisotopic (exact) mass is 289 g/mol. The van der Waals surface area contributed by atoms with Crippen molar-refractivity contribution >= 4 is 21.4 Å². The maximum absolute atomic E-state index is 12.2. The fraction of sp³-hybridized carbons (Fsp3) is 0.400. The van der Waals surface area contributed by atoms with Crippen LogP contribution in [0.3, 0.4) is 0 Å². The molecule has 0 heterocycles. The van der Waals surface area contributed by atoms with Gasteiger partial charge in [-0.15, -0.1) is 0 Å². The van der Waals surface area contributed by atoms with E-state index >= 15 is 0 Å². The van der Waals surface area contributed by atoms with Crippen LogP contribution in [0.25, 0.3) is 0 Å². The number of aliphatic hydroxyl groups excluding tert-OH is 1. The van der Waals surface area contributed by atoms with E-state index in [4.69, 9.17) is 10.8 Å². The minimum atomic E-state index is -3.81. The molecule has 0 unspecified atom stereocenters. The van der Waals surface area contributed by atoms with E-state index in [-0.39, 0.29) is 36.0 Å². The lowest BCUT2D eigenvalue weighted by Gasteiger charge is -2.19. The molecule has 3 N–H and O–H groups in total. The molecule has 0 atom stereocenters. The average Bonchev–Trinajstić information content (AvgIpc) is 2.34. The van der Waals surface area contributed by atoms with Crippen molar-refractivity contribution < 1.29 is 18.4 Å². The van der Waals surface area contributed by atoms with Crippen molar-refractivity contribution in [2.45, 2.75) is 11.8 Å². The van der Waals surface area contributed by atoms with E-state index < -0.39 is 14.9 Å². The second-order valence-corrected chi connectivity index (χ2v) is 5.64. The minimum Gasteiger partial charge on any atom is -0.395 e. The van der Waals surface area contributed by atoms with Gasteiger partial charge in [0.2, 0.25) is 10.0 Å². The topological polar surface area (TPSA) is 127 Å². The Bertz CT molecular complexity index is 573. The lowest BCUT2D eigenvalue weighted by molar-refractivity contribution is -0.383. The van der Waals surface area contributed by atoms with Gasteiger partial charge in [0.1, 0.15) is 5.69 Å². The van der Waals surface area contributed by atoms with Crippen LogP contribution >= 0.6 is 0 Å². The number of benzene rings is 1. The van der Waals surface area contributed by atoms with E-state index in [1.807, 2.05) is 0 Å². The van der Waals surface area contributed by atoms with Crippen molar-refractivity contribution in [2.75, 3.05) is 25.4 Å². The molecule has 19 heavy (non-hydrogen) atoms. The van der Waals surface area contributed by atoms with E-state index in [2.05, 4.69) is 0 Å². The zero-order chi connectivity index (χ0) is 14.6. The second-order valence-electron chi connectivity index (χ2n) is 3.70. The van der Waals surface area contributed by atoms with E-state index in [0.29, 0.717) is 0 Å². The van der Waals surface area contributed by atoms with Crippen LogP contribution in [0.1, 0.15) is 6.92 Å². The summed E-state index contributed by atoms with van der Waals surface area (Å²) in [6.07, 6.45) is 0. The molecule has 0 fully saturated rings. The van der Waals surface area contributed by atoms with Gasteiger partial charge in [0.05, 0.1) is 16.4 Å². The molecule has 106 valence electrons. The van der Waals surface area contributed by atoms with Crippen LogP contribution < -0.4 is 5.73 Å². The Balaban J connectivity index is 3.22. The summed E-state index contributed by atoms with van der Waals surface area (Å²) < 4.78 is 25.4. The van der Waals surface area contributed by atoms with Crippen molar-refractivity contribution in [3.05, 3.63) is 28.3 Å². The predicted octanol–water partition coefficient (Wildman–Crippen LogP) is 0.180.